The third kappa shape index (κ3) is 7.55. The van der Waals surface area contributed by atoms with Crippen LogP contribution in [0.2, 0.25) is 0 Å². The molecule has 1 N–H and O–H groups in total. The summed E-state index contributed by atoms with van der Waals surface area (Å²) in [7, 11) is -3.19. The summed E-state index contributed by atoms with van der Waals surface area (Å²) >= 11 is 0. The van der Waals surface area contributed by atoms with Crippen LogP contribution in [0.15, 0.2) is 12.7 Å². The molecule has 0 spiro atoms. The normalized spacial score (nSPS) is 13.5. The maximum Gasteiger partial charge on any atom is 0.218 e. The van der Waals surface area contributed by atoms with Crippen molar-refractivity contribution in [2.24, 2.45) is 0 Å². The van der Waals surface area contributed by atoms with E-state index in [0.717, 1.165) is 12.8 Å². The highest BCUT2D eigenvalue weighted by Gasteiger charge is 2.20. The predicted molar refractivity (Wildman–Crippen MR) is 74.6 cm³/mol. The van der Waals surface area contributed by atoms with Gasteiger partial charge in [-0.25, -0.2) is 13.1 Å². The molecule has 3 nitrogen and oxygen atoms in total. The van der Waals surface area contributed by atoms with Gasteiger partial charge in [0.15, 0.2) is 0 Å². The molecule has 1 unspecified atom stereocenters. The molecule has 0 heterocycles. The minimum Gasteiger partial charge on any atom is -0.215 e. The van der Waals surface area contributed by atoms with Gasteiger partial charge in [0.25, 0.3) is 0 Å². The Bertz CT molecular complexity index is 286. The van der Waals surface area contributed by atoms with Crippen LogP contribution in [0.4, 0.5) is 0 Å². The molecule has 0 aliphatic rings. The Kier molecular flexibility index (Phi) is 9.46. The zero-order valence-electron chi connectivity index (χ0n) is 11.2. The van der Waals surface area contributed by atoms with E-state index in [1.165, 1.54) is 25.7 Å². The fourth-order valence-corrected chi connectivity index (χ4v) is 3.18. The second-order valence-corrected chi connectivity index (χ2v) is 6.36. The number of unbranched alkanes of at least 4 members (excludes halogenated alkanes) is 5. The number of rotatable bonds is 11. The van der Waals surface area contributed by atoms with Gasteiger partial charge in [-0.3, -0.25) is 0 Å². The van der Waals surface area contributed by atoms with Gasteiger partial charge >= 0.3 is 0 Å². The molecule has 0 aliphatic carbocycles. The van der Waals surface area contributed by atoms with Crippen LogP contribution in [0.3, 0.4) is 0 Å². The first-order chi connectivity index (χ1) is 8.08. The first-order valence-electron chi connectivity index (χ1n) is 6.69. The van der Waals surface area contributed by atoms with Crippen LogP contribution in [0, 0.1) is 0 Å². The van der Waals surface area contributed by atoms with Crippen molar-refractivity contribution < 1.29 is 8.42 Å². The third-order valence-corrected chi connectivity index (χ3v) is 4.77. The van der Waals surface area contributed by atoms with E-state index in [1.807, 2.05) is 0 Å². The highest BCUT2D eigenvalue weighted by molar-refractivity contribution is 7.90. The molecular weight excluding hydrogens is 234 g/mol. The lowest BCUT2D eigenvalue weighted by molar-refractivity contribution is 0.555. The van der Waals surface area contributed by atoms with E-state index in [4.69, 9.17) is 0 Å². The molecule has 0 aliphatic heterocycles. The zero-order chi connectivity index (χ0) is 13.1. The lowest BCUT2D eigenvalue weighted by atomic mass is 10.1. The Labute approximate surface area is 107 Å². The van der Waals surface area contributed by atoms with Crippen molar-refractivity contribution in [1.82, 2.24) is 4.72 Å². The van der Waals surface area contributed by atoms with E-state index in [0.29, 0.717) is 13.0 Å². The number of hydrogen-bond donors (Lipinski definition) is 1. The summed E-state index contributed by atoms with van der Waals surface area (Å²) in [5.74, 6) is 0. The lowest BCUT2D eigenvalue weighted by Crippen LogP contribution is -2.32. The Morgan fingerprint density at radius 1 is 1.12 bits per heavy atom. The first-order valence-corrected chi connectivity index (χ1v) is 8.24. The second kappa shape index (κ2) is 9.66. The van der Waals surface area contributed by atoms with Crippen LogP contribution >= 0.6 is 0 Å². The van der Waals surface area contributed by atoms with Crippen LogP contribution < -0.4 is 4.72 Å². The van der Waals surface area contributed by atoms with Gasteiger partial charge in [-0.15, -0.1) is 6.58 Å². The number of sulfonamides is 1. The summed E-state index contributed by atoms with van der Waals surface area (Å²) in [5, 5.41) is -0.436. The third-order valence-electron chi connectivity index (χ3n) is 2.85. The lowest BCUT2D eigenvalue weighted by Gasteiger charge is -2.13. The fraction of sp³-hybridized carbons (Fsp3) is 0.846. The fourth-order valence-electron chi connectivity index (χ4n) is 1.83. The zero-order valence-corrected chi connectivity index (χ0v) is 12.1. The molecule has 0 aromatic heterocycles. The summed E-state index contributed by atoms with van der Waals surface area (Å²) < 4.78 is 26.0. The van der Waals surface area contributed by atoms with Crippen molar-refractivity contribution in [3.63, 3.8) is 0 Å². The van der Waals surface area contributed by atoms with Crippen molar-refractivity contribution in [2.45, 2.75) is 64.0 Å². The number of nitrogens with one attached hydrogen (secondary N) is 1. The topological polar surface area (TPSA) is 46.2 Å². The Morgan fingerprint density at radius 3 is 2.24 bits per heavy atom. The van der Waals surface area contributed by atoms with Gasteiger partial charge in [-0.2, -0.15) is 0 Å². The van der Waals surface area contributed by atoms with Crippen molar-refractivity contribution in [3.8, 4) is 0 Å². The molecule has 0 radical (unpaired) electrons. The van der Waals surface area contributed by atoms with Gasteiger partial charge in [-0.05, 0) is 6.42 Å². The van der Waals surface area contributed by atoms with Gasteiger partial charge in [0, 0.05) is 6.54 Å². The van der Waals surface area contributed by atoms with E-state index >= 15 is 0 Å². The molecule has 0 saturated heterocycles. The standard InChI is InChI=1S/C13H27NO2S/c1-4-7-8-9-10-11-12-13(5-2)17(15,16)14-6-3/h5,13-14H,2,4,6-12H2,1,3H3. The van der Waals surface area contributed by atoms with Crippen molar-refractivity contribution >= 4 is 10.0 Å². The quantitative estimate of drug-likeness (QED) is 0.458. The van der Waals surface area contributed by atoms with Gasteiger partial charge < -0.3 is 0 Å². The SMILES string of the molecule is C=CC(CCCCCCCC)S(=O)(=O)NCC. The summed E-state index contributed by atoms with van der Waals surface area (Å²) in [4.78, 5) is 0. The van der Waals surface area contributed by atoms with Gasteiger partial charge in [0.2, 0.25) is 10.0 Å². The average molecular weight is 261 g/mol. The highest BCUT2D eigenvalue weighted by atomic mass is 32.2. The largest absolute Gasteiger partial charge is 0.218 e. The molecule has 0 rings (SSSR count). The van der Waals surface area contributed by atoms with Gasteiger partial charge in [0.05, 0.1) is 5.25 Å². The van der Waals surface area contributed by atoms with E-state index in [1.54, 1.807) is 13.0 Å². The average Bonchev–Trinajstić information content (AvgIpc) is 2.27. The minimum atomic E-state index is -3.19. The smallest absolute Gasteiger partial charge is 0.215 e. The summed E-state index contributed by atoms with van der Waals surface area (Å²) in [6, 6.07) is 0. The summed E-state index contributed by atoms with van der Waals surface area (Å²) in [6.07, 6.45) is 9.30. The molecule has 0 fully saturated rings. The molecule has 0 aromatic carbocycles. The Balaban J connectivity index is 3.87. The molecule has 4 heteroatoms. The first kappa shape index (κ1) is 16.6. The molecule has 0 aromatic rings. The van der Waals surface area contributed by atoms with Crippen LogP contribution in [0.5, 0.6) is 0 Å². The molecule has 0 saturated carbocycles. The van der Waals surface area contributed by atoms with E-state index < -0.39 is 15.3 Å². The predicted octanol–water partition coefficient (Wildman–Crippen LogP) is 3.23. The molecule has 0 amide bonds. The number of hydrogen-bond acceptors (Lipinski definition) is 2. The molecular formula is C13H27NO2S. The van der Waals surface area contributed by atoms with Crippen LogP contribution in [-0.2, 0) is 10.0 Å². The molecule has 1 atom stereocenters. The second-order valence-electron chi connectivity index (χ2n) is 4.37. The van der Waals surface area contributed by atoms with Gasteiger partial charge in [-0.1, -0.05) is 58.4 Å². The highest BCUT2D eigenvalue weighted by Crippen LogP contribution is 2.13. The minimum absolute atomic E-state index is 0.436. The molecule has 0 bridgehead atoms. The van der Waals surface area contributed by atoms with Crippen LogP contribution in [0.1, 0.15) is 58.8 Å². The van der Waals surface area contributed by atoms with Crippen molar-refractivity contribution in [2.75, 3.05) is 6.54 Å². The summed E-state index contributed by atoms with van der Waals surface area (Å²) in [5.41, 5.74) is 0. The molecule has 17 heavy (non-hydrogen) atoms. The van der Waals surface area contributed by atoms with E-state index in [9.17, 15) is 8.42 Å². The van der Waals surface area contributed by atoms with Crippen molar-refractivity contribution in [1.29, 1.82) is 0 Å². The Hall–Kier alpha value is -0.350. The maximum atomic E-state index is 11.7. The van der Waals surface area contributed by atoms with Crippen molar-refractivity contribution in [3.05, 3.63) is 12.7 Å². The maximum absolute atomic E-state index is 11.7. The summed E-state index contributed by atoms with van der Waals surface area (Å²) in [6.45, 7) is 8.05. The van der Waals surface area contributed by atoms with Gasteiger partial charge in [0.1, 0.15) is 0 Å². The van der Waals surface area contributed by atoms with Crippen LogP contribution in [0.25, 0.3) is 0 Å². The molecule has 102 valence electrons. The van der Waals surface area contributed by atoms with E-state index in [2.05, 4.69) is 18.2 Å². The Morgan fingerprint density at radius 2 is 1.71 bits per heavy atom. The van der Waals surface area contributed by atoms with E-state index in [-0.39, 0.29) is 0 Å². The monoisotopic (exact) mass is 261 g/mol. The van der Waals surface area contributed by atoms with Crippen LogP contribution in [-0.4, -0.2) is 20.2 Å².